The fourth-order valence-corrected chi connectivity index (χ4v) is 5.03. The molecule has 3 rings (SSSR count). The third-order valence-electron chi connectivity index (χ3n) is 6.23. The fourth-order valence-electron chi connectivity index (χ4n) is 5.03. The number of fused-ring (bicyclic) bond motifs is 2. The summed E-state index contributed by atoms with van der Waals surface area (Å²) in [5.41, 5.74) is 4.51. The fraction of sp³-hybridized carbons (Fsp3) is 0.714. The van der Waals surface area contributed by atoms with E-state index < -0.39 is 0 Å². The molecule has 0 spiro atoms. The van der Waals surface area contributed by atoms with Gasteiger partial charge in [-0.15, -0.1) is 0 Å². The molecular weight excluding hydrogens is 300 g/mol. The van der Waals surface area contributed by atoms with Gasteiger partial charge in [-0.1, -0.05) is 18.6 Å². The van der Waals surface area contributed by atoms with Crippen molar-refractivity contribution in [3.05, 3.63) is 22.8 Å². The minimum absolute atomic E-state index is 0.00900. The second-order valence-electron chi connectivity index (χ2n) is 7.98. The largest absolute Gasteiger partial charge is 0.463 e. The van der Waals surface area contributed by atoms with Crippen molar-refractivity contribution < 1.29 is 14.3 Å². The molecule has 0 heterocycles. The lowest BCUT2D eigenvalue weighted by atomic mass is 9.62. The highest BCUT2D eigenvalue weighted by Gasteiger charge is 2.38. The quantitative estimate of drug-likeness (QED) is 0.698. The van der Waals surface area contributed by atoms with Gasteiger partial charge in [0.15, 0.2) is 0 Å². The van der Waals surface area contributed by atoms with Crippen molar-refractivity contribution in [1.82, 2.24) is 0 Å². The van der Waals surface area contributed by atoms with Gasteiger partial charge < -0.3 is 4.74 Å². The molecule has 4 atom stereocenters. The van der Waals surface area contributed by atoms with E-state index in [2.05, 4.69) is 13.0 Å². The summed E-state index contributed by atoms with van der Waals surface area (Å²) in [7, 11) is 0. The molecule has 3 aliphatic rings. The van der Waals surface area contributed by atoms with Crippen molar-refractivity contribution in [2.75, 3.05) is 0 Å². The van der Waals surface area contributed by atoms with Gasteiger partial charge in [-0.2, -0.15) is 0 Å². The molecule has 3 nitrogen and oxygen atoms in total. The van der Waals surface area contributed by atoms with Crippen LogP contribution in [0.3, 0.4) is 0 Å². The van der Waals surface area contributed by atoms with E-state index in [1.807, 2.05) is 6.92 Å². The molecule has 0 radical (unpaired) electrons. The summed E-state index contributed by atoms with van der Waals surface area (Å²) in [5, 5.41) is 0. The van der Waals surface area contributed by atoms with Crippen LogP contribution in [0, 0.1) is 17.8 Å². The van der Waals surface area contributed by atoms with Crippen molar-refractivity contribution >= 4 is 11.8 Å². The Morgan fingerprint density at radius 1 is 1.33 bits per heavy atom. The van der Waals surface area contributed by atoms with E-state index in [9.17, 15) is 9.59 Å². The number of ketones is 1. The Kier molecular flexibility index (Phi) is 5.27. The van der Waals surface area contributed by atoms with E-state index in [-0.39, 0.29) is 12.1 Å². The van der Waals surface area contributed by atoms with Gasteiger partial charge in [0.1, 0.15) is 5.78 Å². The topological polar surface area (TPSA) is 43.4 Å². The van der Waals surface area contributed by atoms with Crippen LogP contribution < -0.4 is 0 Å². The Balaban J connectivity index is 1.71. The lowest BCUT2D eigenvalue weighted by Gasteiger charge is -2.43. The van der Waals surface area contributed by atoms with Gasteiger partial charge in [-0.3, -0.25) is 9.59 Å². The lowest BCUT2D eigenvalue weighted by molar-refractivity contribution is -0.145. The zero-order valence-corrected chi connectivity index (χ0v) is 15.3. The molecule has 0 aromatic carbocycles. The Bertz CT molecular complexity index is 584. The second-order valence-corrected chi connectivity index (χ2v) is 7.98. The van der Waals surface area contributed by atoms with Crippen LogP contribution in [0.4, 0.5) is 0 Å². The van der Waals surface area contributed by atoms with Gasteiger partial charge >= 0.3 is 5.97 Å². The Morgan fingerprint density at radius 3 is 2.88 bits per heavy atom. The number of carbonyl (C=O) groups excluding carboxylic acids is 2. The molecule has 0 aromatic rings. The molecule has 0 N–H and O–H groups in total. The van der Waals surface area contributed by atoms with Gasteiger partial charge in [0.2, 0.25) is 0 Å². The average Bonchev–Trinajstić information content (AvgIpc) is 2.52. The van der Waals surface area contributed by atoms with E-state index in [0.717, 1.165) is 38.5 Å². The van der Waals surface area contributed by atoms with Crippen LogP contribution in [0.2, 0.25) is 0 Å². The molecule has 0 saturated carbocycles. The van der Waals surface area contributed by atoms with Gasteiger partial charge in [0, 0.05) is 19.8 Å². The van der Waals surface area contributed by atoms with Crippen molar-refractivity contribution in [3.63, 3.8) is 0 Å². The molecule has 0 amide bonds. The minimum Gasteiger partial charge on any atom is -0.463 e. The van der Waals surface area contributed by atoms with E-state index in [0.29, 0.717) is 30.0 Å². The summed E-state index contributed by atoms with van der Waals surface area (Å²) in [5.74, 6) is 2.25. The molecular formula is C21H30O3. The summed E-state index contributed by atoms with van der Waals surface area (Å²) >= 11 is 0. The zero-order valence-electron chi connectivity index (χ0n) is 15.3. The number of hydrogen-bond donors (Lipinski definition) is 0. The monoisotopic (exact) mass is 330 g/mol. The van der Waals surface area contributed by atoms with Gasteiger partial charge in [-0.25, -0.2) is 0 Å². The molecule has 0 bridgehead atoms. The zero-order chi connectivity index (χ0) is 17.3. The van der Waals surface area contributed by atoms with Crippen LogP contribution in [0.1, 0.15) is 72.1 Å². The molecule has 0 aromatic heterocycles. The van der Waals surface area contributed by atoms with Gasteiger partial charge in [-0.05, 0) is 74.3 Å². The molecule has 24 heavy (non-hydrogen) atoms. The molecule has 0 saturated heterocycles. The number of hydrogen-bond acceptors (Lipinski definition) is 3. The Hall–Kier alpha value is -1.38. The van der Waals surface area contributed by atoms with Crippen LogP contribution in [0.25, 0.3) is 0 Å². The van der Waals surface area contributed by atoms with Crippen LogP contribution in [-0.4, -0.2) is 17.9 Å². The average molecular weight is 330 g/mol. The molecule has 3 aliphatic carbocycles. The smallest absolute Gasteiger partial charge is 0.302 e. The Morgan fingerprint density at radius 2 is 2.12 bits per heavy atom. The predicted octanol–water partition coefficient (Wildman–Crippen LogP) is 4.76. The van der Waals surface area contributed by atoms with Crippen LogP contribution in [0.5, 0.6) is 0 Å². The minimum atomic E-state index is -0.181. The predicted molar refractivity (Wildman–Crippen MR) is 94.4 cm³/mol. The van der Waals surface area contributed by atoms with E-state index in [1.54, 1.807) is 5.57 Å². The van der Waals surface area contributed by atoms with Crippen molar-refractivity contribution in [2.24, 2.45) is 17.8 Å². The third-order valence-corrected chi connectivity index (χ3v) is 6.23. The first-order valence-corrected chi connectivity index (χ1v) is 9.56. The highest BCUT2D eigenvalue weighted by Crippen LogP contribution is 2.49. The summed E-state index contributed by atoms with van der Waals surface area (Å²) in [4.78, 5) is 22.9. The van der Waals surface area contributed by atoms with Crippen molar-refractivity contribution in [2.45, 2.75) is 78.2 Å². The molecule has 0 fully saturated rings. The number of Topliss-reactive ketones (excluding diaryl/α,β-unsaturated/α-hetero) is 1. The first kappa shape index (κ1) is 17.4. The lowest BCUT2D eigenvalue weighted by Crippen LogP contribution is -2.32. The first-order chi connectivity index (χ1) is 11.5. The summed E-state index contributed by atoms with van der Waals surface area (Å²) in [6, 6.07) is 0. The molecule has 3 heteroatoms. The maximum absolute atomic E-state index is 11.8. The van der Waals surface area contributed by atoms with E-state index >= 15 is 0 Å². The van der Waals surface area contributed by atoms with E-state index in [1.165, 1.54) is 24.5 Å². The third kappa shape index (κ3) is 3.65. The number of ether oxygens (including phenoxy) is 1. The summed E-state index contributed by atoms with van der Waals surface area (Å²) < 4.78 is 5.31. The van der Waals surface area contributed by atoms with Crippen LogP contribution >= 0.6 is 0 Å². The second kappa shape index (κ2) is 7.25. The normalized spacial score (nSPS) is 31.0. The summed E-state index contributed by atoms with van der Waals surface area (Å²) in [6.07, 6.45) is 10.4. The maximum Gasteiger partial charge on any atom is 0.302 e. The van der Waals surface area contributed by atoms with Gasteiger partial charge in [0.25, 0.3) is 0 Å². The number of allylic oxidation sites excluding steroid dienone is 4. The molecule has 0 aliphatic heterocycles. The SMILES string of the molecule is CC(=O)O[C@H](C)CC[C@@H]1[C@H](C)CC=C2C3=C(CC[C@H]21)CC(=O)CC3. The number of rotatable bonds is 4. The number of esters is 1. The van der Waals surface area contributed by atoms with Crippen LogP contribution in [-0.2, 0) is 14.3 Å². The molecule has 0 unspecified atom stereocenters. The van der Waals surface area contributed by atoms with Gasteiger partial charge in [0.05, 0.1) is 6.10 Å². The Labute approximate surface area is 145 Å². The van der Waals surface area contributed by atoms with Crippen molar-refractivity contribution in [3.8, 4) is 0 Å². The van der Waals surface area contributed by atoms with E-state index in [4.69, 9.17) is 4.74 Å². The van der Waals surface area contributed by atoms with Crippen molar-refractivity contribution in [1.29, 1.82) is 0 Å². The highest BCUT2D eigenvalue weighted by atomic mass is 16.5. The summed E-state index contributed by atoms with van der Waals surface area (Å²) in [6.45, 7) is 5.85. The van der Waals surface area contributed by atoms with Crippen LogP contribution in [0.15, 0.2) is 22.8 Å². The molecule has 132 valence electrons. The highest BCUT2D eigenvalue weighted by molar-refractivity contribution is 5.83. The first-order valence-electron chi connectivity index (χ1n) is 9.56. The number of carbonyl (C=O) groups is 2. The standard InChI is InChI=1S/C21H30O3/c1-13-4-8-21-19-11-7-17(23)12-16(19)6-10-20(21)18(13)9-5-14(2)24-15(3)22/h8,13-14,18,20H,4-7,9-12H2,1-3H3/t13-,14-,18-,20+/m1/s1. The maximum atomic E-state index is 11.8.